The molecule has 0 radical (unpaired) electrons. The van der Waals surface area contributed by atoms with Gasteiger partial charge in [-0.3, -0.25) is 4.79 Å². The normalized spacial score (nSPS) is 13.1. The molecule has 3 aromatic carbocycles. The minimum Gasteiger partial charge on any atom is -0.489 e. The van der Waals surface area contributed by atoms with Gasteiger partial charge in [-0.05, 0) is 85.1 Å². The first kappa shape index (κ1) is 33.5. The van der Waals surface area contributed by atoms with Gasteiger partial charge in [-0.25, -0.2) is 0 Å². The number of ether oxygens (including phenoxy) is 2. The van der Waals surface area contributed by atoms with Crippen molar-refractivity contribution in [2.75, 3.05) is 13.7 Å². The first-order chi connectivity index (χ1) is 19.7. The van der Waals surface area contributed by atoms with E-state index in [1.54, 1.807) is 0 Å². The lowest BCUT2D eigenvalue weighted by Crippen LogP contribution is -2.45. The maximum absolute atomic E-state index is 11.8. The van der Waals surface area contributed by atoms with Crippen molar-refractivity contribution >= 4 is 14.3 Å². The zero-order chi connectivity index (χ0) is 31.0. The molecule has 3 rings (SSSR count). The monoisotopic (exact) mass is 591 g/mol. The molecule has 0 aliphatic heterocycles. The first-order valence-corrected chi connectivity index (χ1v) is 17.7. The van der Waals surface area contributed by atoms with Crippen LogP contribution >= 0.6 is 0 Å². The quantitative estimate of drug-likeness (QED) is 0.138. The molecule has 0 saturated carbocycles. The topological polar surface area (TPSA) is 88.0 Å². The van der Waals surface area contributed by atoms with E-state index in [1.165, 1.54) is 7.11 Å². The maximum Gasteiger partial charge on any atom is 0.309 e. The number of hydrogen-bond acceptors (Lipinski definition) is 6. The molecule has 0 aromatic heterocycles. The van der Waals surface area contributed by atoms with Gasteiger partial charge in [0.25, 0.3) is 0 Å². The molecule has 6 nitrogen and oxygen atoms in total. The Kier molecular flexibility index (Phi) is 11.6. The number of nitrogens with one attached hydrogen (secondary N) is 1. The lowest BCUT2D eigenvalue weighted by atomic mass is 9.87. The van der Waals surface area contributed by atoms with Crippen LogP contribution in [0, 0.1) is 0 Å². The van der Waals surface area contributed by atoms with Crippen molar-refractivity contribution in [3.05, 3.63) is 101 Å². The van der Waals surface area contributed by atoms with Crippen LogP contribution in [-0.2, 0) is 35.6 Å². The third-order valence-corrected chi connectivity index (χ3v) is 11.9. The van der Waals surface area contributed by atoms with Gasteiger partial charge < -0.3 is 24.7 Å². The highest BCUT2D eigenvalue weighted by molar-refractivity contribution is 6.72. The van der Waals surface area contributed by atoms with E-state index in [0.29, 0.717) is 18.9 Å². The molecule has 0 aliphatic carbocycles. The van der Waals surface area contributed by atoms with E-state index >= 15 is 0 Å². The van der Waals surface area contributed by atoms with E-state index in [0.717, 1.165) is 40.7 Å². The van der Waals surface area contributed by atoms with Crippen LogP contribution in [0.4, 0.5) is 0 Å². The number of hydrogen-bond donors (Lipinski definition) is 3. The molecule has 0 amide bonds. The molecule has 3 aromatic rings. The highest BCUT2D eigenvalue weighted by Gasteiger charge is 2.40. The lowest BCUT2D eigenvalue weighted by molar-refractivity contribution is -0.139. The van der Waals surface area contributed by atoms with Crippen LogP contribution in [0.1, 0.15) is 67.9 Å². The summed E-state index contributed by atoms with van der Waals surface area (Å²) >= 11 is 0. The lowest BCUT2D eigenvalue weighted by Gasteiger charge is -2.39. The molecular formula is C35H49NO5Si. The average Bonchev–Trinajstić information content (AvgIpc) is 2.94. The fourth-order valence-electron chi connectivity index (χ4n) is 5.09. The summed E-state index contributed by atoms with van der Waals surface area (Å²) < 4.78 is 10.9. The number of methoxy groups -OCH3 is 1. The number of esters is 1. The molecule has 228 valence electrons. The summed E-state index contributed by atoms with van der Waals surface area (Å²) in [6, 6.07) is 24.2. The summed E-state index contributed by atoms with van der Waals surface area (Å²) in [6.07, 6.45) is 1.84. The third kappa shape index (κ3) is 9.80. The van der Waals surface area contributed by atoms with Crippen LogP contribution in [0.25, 0.3) is 0 Å². The van der Waals surface area contributed by atoms with E-state index < -0.39 is 8.32 Å². The molecule has 0 bridgehead atoms. The molecule has 7 heteroatoms. The zero-order valence-corrected chi connectivity index (χ0v) is 27.4. The molecule has 0 unspecified atom stereocenters. The maximum atomic E-state index is 11.8. The van der Waals surface area contributed by atoms with Crippen molar-refractivity contribution in [3.63, 3.8) is 0 Å². The van der Waals surface area contributed by atoms with Crippen LogP contribution < -0.4 is 10.1 Å². The standard InChI is InChI=1S/C35H49NO5Si/c1-34(2,21-28-15-11-14-27(18-28)19-33(38)40-5)36-23-31(22-35(3,4)42(6,7)39)29-16-17-32(30(20-29)24-37)41-25-26-12-9-8-10-13-26/h8-18,20,31,36-37,39H,19,21-25H2,1-7H3/t31-/m0/s1. The minimum atomic E-state index is -2.46. The van der Waals surface area contributed by atoms with Crippen LogP contribution in [0.3, 0.4) is 0 Å². The molecule has 42 heavy (non-hydrogen) atoms. The molecule has 1 atom stereocenters. The Morgan fingerprint density at radius 2 is 1.60 bits per heavy atom. The highest BCUT2D eigenvalue weighted by Crippen LogP contribution is 2.44. The van der Waals surface area contributed by atoms with E-state index in [9.17, 15) is 14.7 Å². The third-order valence-electron chi connectivity index (χ3n) is 8.42. The molecule has 3 N–H and O–H groups in total. The van der Waals surface area contributed by atoms with E-state index in [-0.39, 0.29) is 35.5 Å². The largest absolute Gasteiger partial charge is 0.489 e. The van der Waals surface area contributed by atoms with Crippen LogP contribution in [0.15, 0.2) is 72.8 Å². The van der Waals surface area contributed by atoms with Gasteiger partial charge in [0.15, 0.2) is 8.32 Å². The fourth-order valence-corrected chi connectivity index (χ4v) is 5.83. The number of benzene rings is 3. The van der Waals surface area contributed by atoms with Gasteiger partial charge >= 0.3 is 5.97 Å². The van der Waals surface area contributed by atoms with Gasteiger partial charge in [-0.2, -0.15) is 0 Å². The number of aliphatic hydroxyl groups excluding tert-OH is 1. The highest BCUT2D eigenvalue weighted by atomic mass is 28.4. The van der Waals surface area contributed by atoms with E-state index in [2.05, 4.69) is 57.3 Å². The summed E-state index contributed by atoms with van der Waals surface area (Å²) in [5, 5.41) is 13.8. The Morgan fingerprint density at radius 1 is 0.929 bits per heavy atom. The fraction of sp³-hybridized carbons (Fsp3) is 0.457. The first-order valence-electron chi connectivity index (χ1n) is 14.8. The number of rotatable bonds is 15. The predicted molar refractivity (Wildman–Crippen MR) is 172 cm³/mol. The van der Waals surface area contributed by atoms with Crippen molar-refractivity contribution in [1.82, 2.24) is 5.32 Å². The summed E-state index contributed by atoms with van der Waals surface area (Å²) in [6.45, 7) is 13.7. The molecule has 0 spiro atoms. The molecule has 0 saturated heterocycles. The molecule has 0 heterocycles. The van der Waals surface area contributed by atoms with Crippen molar-refractivity contribution < 1.29 is 24.2 Å². The Morgan fingerprint density at radius 3 is 2.24 bits per heavy atom. The number of carbonyl (C=O) groups is 1. The van der Waals surface area contributed by atoms with Gasteiger partial charge in [-0.15, -0.1) is 0 Å². The van der Waals surface area contributed by atoms with E-state index in [4.69, 9.17) is 9.47 Å². The number of aliphatic hydroxyl groups is 1. The zero-order valence-electron chi connectivity index (χ0n) is 26.4. The Hall–Kier alpha value is -2.97. The van der Waals surface area contributed by atoms with Gasteiger partial charge in [0.1, 0.15) is 12.4 Å². The molecular weight excluding hydrogens is 542 g/mol. The molecule has 0 fully saturated rings. The predicted octanol–water partition coefficient (Wildman–Crippen LogP) is 6.54. The smallest absolute Gasteiger partial charge is 0.309 e. The van der Waals surface area contributed by atoms with Gasteiger partial charge in [0.05, 0.1) is 20.1 Å². The van der Waals surface area contributed by atoms with Gasteiger partial charge in [-0.1, -0.05) is 74.5 Å². The molecule has 0 aliphatic rings. The summed E-state index contributed by atoms with van der Waals surface area (Å²) in [5.41, 5.74) is 4.81. The number of carbonyl (C=O) groups excluding carboxylic acids is 1. The summed E-state index contributed by atoms with van der Waals surface area (Å²) in [4.78, 5) is 22.9. The van der Waals surface area contributed by atoms with Crippen LogP contribution in [0.2, 0.25) is 18.1 Å². The van der Waals surface area contributed by atoms with Gasteiger partial charge in [0, 0.05) is 17.6 Å². The van der Waals surface area contributed by atoms with Crippen molar-refractivity contribution in [2.24, 2.45) is 0 Å². The van der Waals surface area contributed by atoms with Crippen LogP contribution in [0.5, 0.6) is 5.75 Å². The van der Waals surface area contributed by atoms with Crippen molar-refractivity contribution in [1.29, 1.82) is 0 Å². The summed E-state index contributed by atoms with van der Waals surface area (Å²) in [5.74, 6) is 0.543. The summed E-state index contributed by atoms with van der Waals surface area (Å²) in [7, 11) is -1.05. The Bertz CT molecular complexity index is 1300. The van der Waals surface area contributed by atoms with E-state index in [1.807, 2.05) is 61.6 Å². The Labute approximate surface area is 253 Å². The van der Waals surface area contributed by atoms with Gasteiger partial charge in [0.2, 0.25) is 0 Å². The average molecular weight is 592 g/mol. The second kappa shape index (κ2) is 14.5. The second-order valence-corrected chi connectivity index (χ2v) is 17.6. The minimum absolute atomic E-state index is 0.109. The SMILES string of the molecule is COC(=O)Cc1cccc(CC(C)(C)NC[C@H](CC(C)(C)[Si](C)(C)O)c2ccc(OCc3ccccc3)c(CO)c2)c1. The van der Waals surface area contributed by atoms with Crippen molar-refractivity contribution in [3.8, 4) is 5.75 Å². The van der Waals surface area contributed by atoms with Crippen LogP contribution in [-0.4, -0.2) is 43.4 Å². The Balaban J connectivity index is 1.80. The second-order valence-electron chi connectivity index (χ2n) is 13.2. The van der Waals surface area contributed by atoms with Crippen molar-refractivity contribution in [2.45, 2.75) is 89.8 Å².